The van der Waals surface area contributed by atoms with Gasteiger partial charge in [-0.2, -0.15) is 0 Å². The normalized spacial score (nSPS) is 20.1. The second-order valence-electron chi connectivity index (χ2n) is 6.14. The van der Waals surface area contributed by atoms with Crippen LogP contribution in [0.1, 0.15) is 43.4 Å². The molecule has 2 unspecified atom stereocenters. The van der Waals surface area contributed by atoms with Crippen molar-refractivity contribution >= 4 is 5.91 Å². The molecule has 1 saturated heterocycles. The number of primary amides is 1. The van der Waals surface area contributed by atoms with E-state index in [4.69, 9.17) is 11.5 Å². The van der Waals surface area contributed by atoms with Crippen LogP contribution in [0.15, 0.2) is 24.3 Å². The van der Waals surface area contributed by atoms with Crippen LogP contribution in [0.2, 0.25) is 0 Å². The molecule has 4 N–H and O–H groups in total. The summed E-state index contributed by atoms with van der Waals surface area (Å²) in [7, 11) is 0. The number of piperidine rings is 1. The molecule has 116 valence electrons. The third-order valence-electron chi connectivity index (χ3n) is 4.59. The van der Waals surface area contributed by atoms with Crippen LogP contribution in [-0.4, -0.2) is 29.9 Å². The van der Waals surface area contributed by atoms with Gasteiger partial charge in [0.25, 0.3) is 0 Å². The number of carbonyl (C=O) groups excluding carboxylic acids is 1. The monoisotopic (exact) mass is 289 g/mol. The third kappa shape index (κ3) is 3.83. The molecule has 21 heavy (non-hydrogen) atoms. The SMILES string of the molecule is CCC(N)C(c1cccc(C)c1)N1CCC(C(N)=O)CC1. The summed E-state index contributed by atoms with van der Waals surface area (Å²) >= 11 is 0. The minimum Gasteiger partial charge on any atom is -0.369 e. The zero-order chi connectivity index (χ0) is 15.4. The van der Waals surface area contributed by atoms with Gasteiger partial charge in [0.1, 0.15) is 0 Å². The van der Waals surface area contributed by atoms with Gasteiger partial charge in [-0.25, -0.2) is 0 Å². The van der Waals surface area contributed by atoms with Gasteiger partial charge in [0.05, 0.1) is 0 Å². The maximum Gasteiger partial charge on any atom is 0.220 e. The van der Waals surface area contributed by atoms with E-state index in [-0.39, 0.29) is 23.9 Å². The topological polar surface area (TPSA) is 72.3 Å². The van der Waals surface area contributed by atoms with Crippen molar-refractivity contribution in [2.45, 2.75) is 45.2 Å². The van der Waals surface area contributed by atoms with Crippen molar-refractivity contribution < 1.29 is 4.79 Å². The molecule has 1 fully saturated rings. The highest BCUT2D eigenvalue weighted by Crippen LogP contribution is 2.30. The maximum atomic E-state index is 11.3. The lowest BCUT2D eigenvalue weighted by atomic mass is 9.90. The standard InChI is InChI=1S/C17H27N3O/c1-3-15(18)16(14-6-4-5-12(2)11-14)20-9-7-13(8-10-20)17(19)21/h4-6,11,13,15-16H,3,7-10,18H2,1-2H3,(H2,19,21). The van der Waals surface area contributed by atoms with Gasteiger partial charge >= 0.3 is 0 Å². The molecule has 1 aliphatic rings. The Hall–Kier alpha value is -1.39. The van der Waals surface area contributed by atoms with Crippen molar-refractivity contribution in [1.82, 2.24) is 4.90 Å². The fraction of sp³-hybridized carbons (Fsp3) is 0.588. The number of hydrogen-bond acceptors (Lipinski definition) is 3. The molecule has 2 rings (SSSR count). The van der Waals surface area contributed by atoms with Crippen LogP contribution >= 0.6 is 0 Å². The van der Waals surface area contributed by atoms with Gasteiger partial charge in [-0.1, -0.05) is 36.8 Å². The molecule has 1 amide bonds. The number of hydrogen-bond donors (Lipinski definition) is 2. The summed E-state index contributed by atoms with van der Waals surface area (Å²) in [6, 6.07) is 8.92. The predicted molar refractivity (Wildman–Crippen MR) is 85.7 cm³/mol. The van der Waals surface area contributed by atoms with Gasteiger partial charge < -0.3 is 11.5 Å². The summed E-state index contributed by atoms with van der Waals surface area (Å²) in [4.78, 5) is 13.7. The first kappa shape index (κ1) is 16.0. The molecule has 0 aromatic heterocycles. The highest BCUT2D eigenvalue weighted by Gasteiger charge is 2.31. The number of likely N-dealkylation sites (tertiary alicyclic amines) is 1. The Morgan fingerprint density at radius 2 is 2.05 bits per heavy atom. The van der Waals surface area contributed by atoms with E-state index < -0.39 is 0 Å². The smallest absolute Gasteiger partial charge is 0.220 e. The molecule has 1 heterocycles. The van der Waals surface area contributed by atoms with E-state index in [0.29, 0.717) is 0 Å². The van der Waals surface area contributed by atoms with Gasteiger partial charge in [-0.05, 0) is 44.8 Å². The number of rotatable bonds is 5. The van der Waals surface area contributed by atoms with Crippen LogP contribution < -0.4 is 11.5 Å². The van der Waals surface area contributed by atoms with Gasteiger partial charge in [0.15, 0.2) is 0 Å². The second-order valence-corrected chi connectivity index (χ2v) is 6.14. The van der Waals surface area contributed by atoms with Crippen molar-refractivity contribution in [3.8, 4) is 0 Å². The Bertz CT molecular complexity index is 481. The van der Waals surface area contributed by atoms with E-state index in [1.165, 1.54) is 11.1 Å². The minimum atomic E-state index is -0.165. The number of carbonyl (C=O) groups is 1. The molecule has 0 spiro atoms. The van der Waals surface area contributed by atoms with Crippen molar-refractivity contribution in [3.05, 3.63) is 35.4 Å². The number of benzene rings is 1. The summed E-state index contributed by atoms with van der Waals surface area (Å²) in [5.41, 5.74) is 14.4. The van der Waals surface area contributed by atoms with Gasteiger partial charge in [-0.15, -0.1) is 0 Å². The van der Waals surface area contributed by atoms with Crippen LogP contribution in [0.5, 0.6) is 0 Å². The van der Waals surface area contributed by atoms with E-state index >= 15 is 0 Å². The Kier molecular flexibility index (Phi) is 5.37. The van der Waals surface area contributed by atoms with Crippen LogP contribution in [0.3, 0.4) is 0 Å². The Labute approximate surface area is 127 Å². The molecule has 2 atom stereocenters. The lowest BCUT2D eigenvalue weighted by Crippen LogP contribution is -2.46. The summed E-state index contributed by atoms with van der Waals surface area (Å²) in [6.45, 7) is 6.01. The average Bonchev–Trinajstić information content (AvgIpc) is 2.48. The van der Waals surface area contributed by atoms with Crippen molar-refractivity contribution in [2.75, 3.05) is 13.1 Å². The van der Waals surface area contributed by atoms with Gasteiger partial charge in [-0.3, -0.25) is 9.69 Å². The molecule has 1 aliphatic heterocycles. The fourth-order valence-electron chi connectivity index (χ4n) is 3.27. The second kappa shape index (κ2) is 7.05. The lowest BCUT2D eigenvalue weighted by molar-refractivity contribution is -0.123. The molecule has 4 nitrogen and oxygen atoms in total. The van der Waals surface area contributed by atoms with Crippen molar-refractivity contribution in [3.63, 3.8) is 0 Å². The Morgan fingerprint density at radius 1 is 1.38 bits per heavy atom. The quantitative estimate of drug-likeness (QED) is 0.870. The van der Waals surface area contributed by atoms with Crippen molar-refractivity contribution in [1.29, 1.82) is 0 Å². The van der Waals surface area contributed by atoms with E-state index in [0.717, 1.165) is 32.4 Å². The van der Waals surface area contributed by atoms with Crippen LogP contribution in [0, 0.1) is 12.8 Å². The molecular weight excluding hydrogens is 262 g/mol. The summed E-state index contributed by atoms with van der Waals surface area (Å²) < 4.78 is 0. The Balaban J connectivity index is 2.16. The summed E-state index contributed by atoms with van der Waals surface area (Å²) in [5, 5.41) is 0. The van der Waals surface area contributed by atoms with Gasteiger partial charge in [0.2, 0.25) is 5.91 Å². The van der Waals surface area contributed by atoms with E-state index in [9.17, 15) is 4.79 Å². The minimum absolute atomic E-state index is 0.0252. The fourth-order valence-corrected chi connectivity index (χ4v) is 3.27. The molecule has 0 aliphatic carbocycles. The van der Waals surface area contributed by atoms with Crippen LogP contribution in [-0.2, 0) is 4.79 Å². The van der Waals surface area contributed by atoms with E-state index in [1.807, 2.05) is 0 Å². The largest absolute Gasteiger partial charge is 0.369 e. The first-order valence-electron chi connectivity index (χ1n) is 7.88. The highest BCUT2D eigenvalue weighted by atomic mass is 16.1. The molecule has 0 bridgehead atoms. The molecule has 4 heteroatoms. The lowest BCUT2D eigenvalue weighted by Gasteiger charge is -2.39. The first-order chi connectivity index (χ1) is 10.0. The Morgan fingerprint density at radius 3 is 2.57 bits per heavy atom. The highest BCUT2D eigenvalue weighted by molar-refractivity contribution is 5.76. The molecule has 0 radical (unpaired) electrons. The van der Waals surface area contributed by atoms with E-state index in [1.54, 1.807) is 0 Å². The average molecular weight is 289 g/mol. The molecular formula is C17H27N3O. The maximum absolute atomic E-state index is 11.3. The zero-order valence-corrected chi connectivity index (χ0v) is 13.1. The third-order valence-corrected chi connectivity index (χ3v) is 4.59. The van der Waals surface area contributed by atoms with E-state index in [2.05, 4.69) is 43.0 Å². The number of nitrogens with zero attached hydrogens (tertiary/aromatic N) is 1. The predicted octanol–water partition coefficient (Wildman–Crippen LogP) is 1.97. The first-order valence-corrected chi connectivity index (χ1v) is 7.88. The molecule has 0 saturated carbocycles. The van der Waals surface area contributed by atoms with Crippen molar-refractivity contribution in [2.24, 2.45) is 17.4 Å². The summed E-state index contributed by atoms with van der Waals surface area (Å²) in [6.07, 6.45) is 2.62. The summed E-state index contributed by atoms with van der Waals surface area (Å²) in [5.74, 6) is -0.140. The number of amides is 1. The number of aryl methyl sites for hydroxylation is 1. The van der Waals surface area contributed by atoms with Gasteiger partial charge in [0, 0.05) is 18.0 Å². The molecule has 1 aromatic rings. The van der Waals surface area contributed by atoms with Crippen LogP contribution in [0.25, 0.3) is 0 Å². The number of nitrogens with two attached hydrogens (primary N) is 2. The van der Waals surface area contributed by atoms with Crippen LogP contribution in [0.4, 0.5) is 0 Å². The zero-order valence-electron chi connectivity index (χ0n) is 13.1. The molecule has 1 aromatic carbocycles.